The van der Waals surface area contributed by atoms with Gasteiger partial charge in [-0.3, -0.25) is 24.1 Å². The molecule has 0 aliphatic carbocycles. The van der Waals surface area contributed by atoms with E-state index in [1.807, 2.05) is 36.7 Å². The van der Waals surface area contributed by atoms with E-state index in [1.54, 1.807) is 11.9 Å². The number of rotatable bonds is 6. The van der Waals surface area contributed by atoms with Crippen LogP contribution < -0.4 is 0 Å². The van der Waals surface area contributed by atoms with Crippen LogP contribution in [0.1, 0.15) is 68.1 Å². The molecule has 33 heavy (non-hydrogen) atoms. The van der Waals surface area contributed by atoms with Gasteiger partial charge in [-0.15, -0.1) is 22.7 Å². The highest BCUT2D eigenvalue weighted by molar-refractivity contribution is 7.18. The van der Waals surface area contributed by atoms with Gasteiger partial charge in [-0.2, -0.15) is 0 Å². The van der Waals surface area contributed by atoms with E-state index in [-0.39, 0.29) is 17.7 Å². The number of imide groups is 1. The summed E-state index contributed by atoms with van der Waals surface area (Å²) in [4.78, 5) is 56.4. The Hall–Kier alpha value is -3.10. The molecule has 2 aromatic heterocycles. The Labute approximate surface area is 198 Å². The van der Waals surface area contributed by atoms with Gasteiger partial charge in [0.25, 0.3) is 17.7 Å². The van der Waals surface area contributed by atoms with E-state index in [9.17, 15) is 19.2 Å². The maximum atomic E-state index is 13.7. The van der Waals surface area contributed by atoms with Gasteiger partial charge < -0.3 is 4.90 Å². The minimum Gasteiger partial charge on any atom is -0.342 e. The summed E-state index contributed by atoms with van der Waals surface area (Å²) in [6.45, 7) is 4.79. The summed E-state index contributed by atoms with van der Waals surface area (Å²) in [6.07, 6.45) is 2.18. The van der Waals surface area contributed by atoms with Crippen molar-refractivity contribution < 1.29 is 19.2 Å². The highest BCUT2D eigenvalue weighted by Gasteiger charge is 2.39. The Bertz CT molecular complexity index is 1470. The second-order valence-electron chi connectivity index (χ2n) is 8.22. The zero-order valence-corrected chi connectivity index (χ0v) is 20.2. The first-order valence-electron chi connectivity index (χ1n) is 10.9. The quantitative estimate of drug-likeness (QED) is 0.268. The monoisotopic (exact) mass is 478 g/mol. The number of hydrogen-bond acceptors (Lipinski definition) is 6. The van der Waals surface area contributed by atoms with Gasteiger partial charge in [0, 0.05) is 56.6 Å². The Morgan fingerprint density at radius 1 is 0.970 bits per heavy atom. The first-order valence-corrected chi connectivity index (χ1v) is 12.7. The van der Waals surface area contributed by atoms with Crippen LogP contribution in [-0.4, -0.2) is 53.9 Å². The predicted octanol–water partition coefficient (Wildman–Crippen LogP) is 5.57. The van der Waals surface area contributed by atoms with Crippen LogP contribution in [0, 0.1) is 0 Å². The zero-order valence-electron chi connectivity index (χ0n) is 18.6. The van der Waals surface area contributed by atoms with Crippen LogP contribution in [-0.2, 0) is 0 Å². The van der Waals surface area contributed by atoms with E-state index < -0.39 is 0 Å². The average Bonchev–Trinajstić information content (AvgIpc) is 3.47. The number of hydrogen-bond donors (Lipinski definition) is 0. The molecule has 6 nitrogen and oxygen atoms in total. The molecule has 0 fully saturated rings. The predicted molar refractivity (Wildman–Crippen MR) is 133 cm³/mol. The third kappa shape index (κ3) is 2.90. The molecule has 4 aromatic rings. The number of carbonyl (C=O) groups is 4. The normalized spacial score (nSPS) is 13.5. The Morgan fingerprint density at radius 2 is 1.64 bits per heavy atom. The van der Waals surface area contributed by atoms with Crippen molar-refractivity contribution in [2.24, 2.45) is 0 Å². The molecule has 3 heterocycles. The molecule has 0 atom stereocenters. The topological polar surface area (TPSA) is 74.8 Å². The van der Waals surface area contributed by atoms with Gasteiger partial charge in [0.05, 0.1) is 16.7 Å². The SMILES string of the molecule is CCCN(C)C(=O)c1c2ccsc2c2c3c(c4ccsc4c(C=O)c13)C(=O)N(CCC)C2=O. The van der Waals surface area contributed by atoms with E-state index in [1.165, 1.54) is 27.6 Å². The summed E-state index contributed by atoms with van der Waals surface area (Å²) >= 11 is 2.75. The summed E-state index contributed by atoms with van der Waals surface area (Å²) in [6, 6.07) is 3.66. The minimum atomic E-state index is -0.364. The lowest BCUT2D eigenvalue weighted by Gasteiger charge is -2.30. The maximum Gasteiger partial charge on any atom is 0.262 e. The molecule has 5 rings (SSSR count). The number of aldehydes is 1. The molecule has 0 radical (unpaired) electrons. The van der Waals surface area contributed by atoms with Gasteiger partial charge in [0.2, 0.25) is 0 Å². The summed E-state index contributed by atoms with van der Waals surface area (Å²) in [5.41, 5.74) is 1.59. The second-order valence-corrected chi connectivity index (χ2v) is 10.1. The van der Waals surface area contributed by atoms with Gasteiger partial charge in [0.15, 0.2) is 6.29 Å². The van der Waals surface area contributed by atoms with Gasteiger partial charge in [-0.25, -0.2) is 0 Å². The molecule has 2 aromatic carbocycles. The van der Waals surface area contributed by atoms with Crippen molar-refractivity contribution >= 4 is 77.6 Å². The molecule has 0 bridgehead atoms. The molecule has 168 valence electrons. The standard InChI is InChI=1S/C25H22N2O4S2/c1-4-8-26(3)23(29)17-14-7-11-33-22(14)20-19-16(17)15(12-28)21-13(6-10-32-21)18(19)24(30)27(9-5-2)25(20)31/h6-7,10-12H,4-5,8-9H2,1-3H3. The van der Waals surface area contributed by atoms with Gasteiger partial charge >= 0.3 is 0 Å². The molecule has 0 N–H and O–H groups in total. The Morgan fingerprint density at radius 3 is 2.30 bits per heavy atom. The van der Waals surface area contributed by atoms with Crippen molar-refractivity contribution in [2.75, 3.05) is 20.1 Å². The van der Waals surface area contributed by atoms with Crippen LogP contribution in [0.25, 0.3) is 30.9 Å². The minimum absolute atomic E-state index is 0.215. The lowest BCUT2D eigenvalue weighted by Crippen LogP contribution is -2.41. The second kappa shape index (κ2) is 8.04. The lowest BCUT2D eigenvalue weighted by molar-refractivity contribution is 0.0612. The number of nitrogens with zero attached hydrogens (tertiary/aromatic N) is 2. The highest BCUT2D eigenvalue weighted by Crippen LogP contribution is 2.46. The number of benzene rings is 2. The third-order valence-corrected chi connectivity index (χ3v) is 8.09. The summed E-state index contributed by atoms with van der Waals surface area (Å²) < 4.78 is 1.35. The fourth-order valence-electron chi connectivity index (χ4n) is 4.86. The molecule has 3 amide bonds. The molecular formula is C25H22N2O4S2. The van der Waals surface area contributed by atoms with Crippen molar-refractivity contribution in [3.63, 3.8) is 0 Å². The average molecular weight is 479 g/mol. The zero-order chi connectivity index (χ0) is 23.4. The van der Waals surface area contributed by atoms with Gasteiger partial charge in [-0.05, 0) is 35.7 Å². The summed E-state index contributed by atoms with van der Waals surface area (Å²) in [5.74, 6) is -0.941. The summed E-state index contributed by atoms with van der Waals surface area (Å²) in [7, 11) is 1.74. The van der Waals surface area contributed by atoms with Crippen LogP contribution in [0.4, 0.5) is 0 Å². The van der Waals surface area contributed by atoms with Crippen LogP contribution in [0.5, 0.6) is 0 Å². The van der Waals surface area contributed by atoms with E-state index >= 15 is 0 Å². The van der Waals surface area contributed by atoms with Crippen molar-refractivity contribution in [3.8, 4) is 0 Å². The number of amides is 3. The molecule has 0 saturated carbocycles. The fourth-order valence-corrected chi connectivity index (χ4v) is 6.72. The largest absolute Gasteiger partial charge is 0.342 e. The molecule has 1 aliphatic heterocycles. The van der Waals surface area contributed by atoms with Gasteiger partial charge in [0.1, 0.15) is 0 Å². The smallest absolute Gasteiger partial charge is 0.262 e. The lowest BCUT2D eigenvalue weighted by atomic mass is 9.85. The van der Waals surface area contributed by atoms with Crippen LogP contribution in [0.3, 0.4) is 0 Å². The molecule has 1 aliphatic rings. The molecule has 8 heteroatoms. The van der Waals surface area contributed by atoms with Crippen LogP contribution in [0.15, 0.2) is 22.9 Å². The van der Waals surface area contributed by atoms with Crippen molar-refractivity contribution in [3.05, 3.63) is 45.1 Å². The maximum absolute atomic E-state index is 13.7. The van der Waals surface area contributed by atoms with Crippen LogP contribution in [0.2, 0.25) is 0 Å². The van der Waals surface area contributed by atoms with Gasteiger partial charge in [-0.1, -0.05) is 13.8 Å². The number of carbonyl (C=O) groups excluding carboxylic acids is 4. The third-order valence-electron chi connectivity index (χ3n) is 6.21. The molecule has 0 unspecified atom stereocenters. The van der Waals surface area contributed by atoms with E-state index in [4.69, 9.17) is 0 Å². The molecule has 0 saturated heterocycles. The van der Waals surface area contributed by atoms with Crippen molar-refractivity contribution in [1.82, 2.24) is 9.80 Å². The van der Waals surface area contributed by atoms with E-state index in [0.29, 0.717) is 72.7 Å². The Kier molecular flexibility index (Phi) is 5.29. The molecule has 0 spiro atoms. The molecular weight excluding hydrogens is 456 g/mol. The van der Waals surface area contributed by atoms with E-state index in [0.717, 1.165) is 12.7 Å². The first kappa shape index (κ1) is 21.7. The number of fused-ring (bicyclic) bond motifs is 4. The van der Waals surface area contributed by atoms with Crippen LogP contribution >= 0.6 is 22.7 Å². The van der Waals surface area contributed by atoms with E-state index in [2.05, 4.69) is 0 Å². The number of thiophene rings is 2. The van der Waals surface area contributed by atoms with Crippen molar-refractivity contribution in [2.45, 2.75) is 26.7 Å². The fraction of sp³-hybridized carbons (Fsp3) is 0.280. The first-order chi connectivity index (χ1) is 16.0. The highest BCUT2D eigenvalue weighted by atomic mass is 32.1. The Balaban J connectivity index is 2.06. The summed E-state index contributed by atoms with van der Waals surface area (Å²) in [5, 5.41) is 5.86. The van der Waals surface area contributed by atoms with Crippen molar-refractivity contribution in [1.29, 1.82) is 0 Å².